The monoisotopic (exact) mass is 196 g/mol. The normalized spacial score (nSPS) is 9.08. The van der Waals surface area contributed by atoms with Crippen LogP contribution >= 0.6 is 12.6 Å². The molecule has 1 N–H and O–H groups in total. The minimum absolute atomic E-state index is 0.321. The third kappa shape index (κ3) is 2.67. The zero-order valence-corrected chi connectivity index (χ0v) is 7.81. The van der Waals surface area contributed by atoms with Crippen LogP contribution in [0.15, 0.2) is 18.2 Å². The first-order valence-corrected chi connectivity index (χ1v) is 4.46. The number of halogens is 1. The van der Waals surface area contributed by atoms with Crippen molar-refractivity contribution in [3.63, 3.8) is 0 Å². The summed E-state index contributed by atoms with van der Waals surface area (Å²) in [5, 5.41) is 9.20. The van der Waals surface area contributed by atoms with Gasteiger partial charge in [0.05, 0.1) is 5.56 Å². The molecule has 1 nitrogen and oxygen atoms in total. The Balaban J connectivity index is 2.91. The van der Waals surface area contributed by atoms with Gasteiger partial charge in [-0.25, -0.2) is 4.39 Å². The number of aromatic hydroxyl groups is 1. The first-order chi connectivity index (χ1) is 6.25. The molecule has 0 saturated heterocycles. The van der Waals surface area contributed by atoms with Crippen molar-refractivity contribution in [3.05, 3.63) is 29.6 Å². The van der Waals surface area contributed by atoms with E-state index in [9.17, 15) is 9.50 Å². The van der Waals surface area contributed by atoms with Crippen molar-refractivity contribution in [2.75, 3.05) is 5.75 Å². The van der Waals surface area contributed by atoms with E-state index in [-0.39, 0.29) is 5.75 Å². The van der Waals surface area contributed by atoms with E-state index in [1.54, 1.807) is 6.07 Å². The van der Waals surface area contributed by atoms with Crippen LogP contribution in [-0.4, -0.2) is 10.9 Å². The number of hydrogen-bond donors (Lipinski definition) is 2. The Kier molecular flexibility index (Phi) is 3.66. The molecule has 13 heavy (non-hydrogen) atoms. The van der Waals surface area contributed by atoms with Crippen LogP contribution in [0.3, 0.4) is 0 Å². The number of para-hydroxylation sites is 1. The average molecular weight is 196 g/mol. The van der Waals surface area contributed by atoms with E-state index in [0.29, 0.717) is 17.7 Å². The Morgan fingerprint density at radius 2 is 2.23 bits per heavy atom. The number of hydrogen-bond acceptors (Lipinski definition) is 2. The Labute approximate surface area is 82.0 Å². The van der Waals surface area contributed by atoms with E-state index >= 15 is 0 Å². The maximum absolute atomic E-state index is 12.8. The molecule has 0 atom stereocenters. The van der Waals surface area contributed by atoms with Gasteiger partial charge in [-0.15, -0.1) is 0 Å². The first-order valence-electron chi connectivity index (χ1n) is 3.83. The van der Waals surface area contributed by atoms with E-state index in [1.807, 2.05) is 0 Å². The highest BCUT2D eigenvalue weighted by Gasteiger charge is 2.02. The molecule has 0 amide bonds. The summed E-state index contributed by atoms with van der Waals surface area (Å²) in [4.78, 5) is 0. The lowest BCUT2D eigenvalue weighted by Crippen LogP contribution is -1.81. The van der Waals surface area contributed by atoms with Crippen molar-refractivity contribution in [1.82, 2.24) is 0 Å². The second-order valence-corrected chi connectivity index (χ2v) is 2.86. The van der Waals surface area contributed by atoms with Gasteiger partial charge in [-0.05, 0) is 12.1 Å². The molecule has 0 aliphatic heterocycles. The van der Waals surface area contributed by atoms with Crippen LogP contribution in [0.5, 0.6) is 5.75 Å². The minimum Gasteiger partial charge on any atom is -0.504 e. The highest BCUT2D eigenvalue weighted by atomic mass is 32.1. The van der Waals surface area contributed by atoms with Crippen molar-refractivity contribution in [1.29, 1.82) is 0 Å². The first kappa shape index (κ1) is 9.94. The van der Waals surface area contributed by atoms with Crippen molar-refractivity contribution >= 4 is 12.6 Å². The van der Waals surface area contributed by atoms with Crippen LogP contribution in [-0.2, 0) is 0 Å². The lowest BCUT2D eigenvalue weighted by Gasteiger charge is -1.96. The number of benzene rings is 1. The Bertz CT molecular complexity index is 352. The molecule has 1 aromatic rings. The molecule has 0 aliphatic rings. The summed E-state index contributed by atoms with van der Waals surface area (Å²) in [7, 11) is 0. The molecular formula is C10H9FOS. The number of rotatable bonds is 1. The predicted octanol–water partition coefficient (Wildman–Crippen LogP) is 2.20. The predicted molar refractivity (Wildman–Crippen MR) is 53.4 cm³/mol. The molecule has 0 spiro atoms. The summed E-state index contributed by atoms with van der Waals surface area (Å²) in [6, 6.07) is 4.28. The molecule has 0 heterocycles. The number of phenolic OH excluding ortho intramolecular Hbond substituents is 1. The van der Waals surface area contributed by atoms with Crippen molar-refractivity contribution in [2.24, 2.45) is 0 Å². The molecule has 68 valence electrons. The van der Waals surface area contributed by atoms with Gasteiger partial charge in [0, 0.05) is 12.2 Å². The van der Waals surface area contributed by atoms with Gasteiger partial charge in [0.1, 0.15) is 0 Å². The molecule has 0 unspecified atom stereocenters. The largest absolute Gasteiger partial charge is 0.504 e. The SMILES string of the molecule is Oc1c(F)cccc1C#CCCS. The Morgan fingerprint density at radius 1 is 1.46 bits per heavy atom. The summed E-state index contributed by atoms with van der Waals surface area (Å²) in [6.07, 6.45) is 0.624. The highest BCUT2D eigenvalue weighted by molar-refractivity contribution is 7.80. The quantitative estimate of drug-likeness (QED) is 0.521. The summed E-state index contributed by atoms with van der Waals surface area (Å²) < 4.78 is 12.8. The van der Waals surface area contributed by atoms with Gasteiger partial charge in [0.15, 0.2) is 11.6 Å². The molecule has 0 saturated carbocycles. The molecule has 0 radical (unpaired) electrons. The second-order valence-electron chi connectivity index (χ2n) is 2.41. The molecule has 0 aliphatic carbocycles. The summed E-state index contributed by atoms with van der Waals surface area (Å²) in [5.74, 6) is 5.07. The molecule has 0 fully saturated rings. The van der Waals surface area contributed by atoms with Gasteiger partial charge >= 0.3 is 0 Å². The fourth-order valence-electron chi connectivity index (χ4n) is 0.830. The van der Waals surface area contributed by atoms with Gasteiger partial charge in [0.25, 0.3) is 0 Å². The summed E-state index contributed by atoms with van der Waals surface area (Å²) in [5.41, 5.74) is 0.321. The molecular weight excluding hydrogens is 187 g/mol. The van der Waals surface area contributed by atoms with Crippen LogP contribution in [0.1, 0.15) is 12.0 Å². The lowest BCUT2D eigenvalue weighted by atomic mass is 10.2. The van der Waals surface area contributed by atoms with E-state index in [4.69, 9.17) is 0 Å². The number of thiol groups is 1. The van der Waals surface area contributed by atoms with E-state index in [1.165, 1.54) is 12.1 Å². The highest BCUT2D eigenvalue weighted by Crippen LogP contribution is 2.19. The Hall–Kier alpha value is -1.14. The summed E-state index contributed by atoms with van der Waals surface area (Å²) >= 11 is 3.97. The van der Waals surface area contributed by atoms with Gasteiger partial charge < -0.3 is 5.11 Å². The fourth-order valence-corrected chi connectivity index (χ4v) is 0.942. The lowest BCUT2D eigenvalue weighted by molar-refractivity contribution is 0.431. The third-order valence-electron chi connectivity index (χ3n) is 1.45. The van der Waals surface area contributed by atoms with Crippen molar-refractivity contribution in [2.45, 2.75) is 6.42 Å². The topological polar surface area (TPSA) is 20.2 Å². The zero-order chi connectivity index (χ0) is 9.68. The average Bonchev–Trinajstić information content (AvgIpc) is 2.13. The van der Waals surface area contributed by atoms with Crippen LogP contribution in [0.2, 0.25) is 0 Å². The maximum atomic E-state index is 12.8. The molecule has 3 heteroatoms. The van der Waals surface area contributed by atoms with Crippen LogP contribution in [0, 0.1) is 17.7 Å². The number of phenols is 1. The van der Waals surface area contributed by atoms with Crippen LogP contribution in [0.25, 0.3) is 0 Å². The van der Waals surface area contributed by atoms with Gasteiger partial charge in [-0.2, -0.15) is 12.6 Å². The Morgan fingerprint density at radius 3 is 2.92 bits per heavy atom. The van der Waals surface area contributed by atoms with E-state index in [2.05, 4.69) is 24.5 Å². The fraction of sp³-hybridized carbons (Fsp3) is 0.200. The van der Waals surface area contributed by atoms with Gasteiger partial charge in [0.2, 0.25) is 0 Å². The van der Waals surface area contributed by atoms with E-state index in [0.717, 1.165) is 0 Å². The summed E-state index contributed by atoms with van der Waals surface area (Å²) in [6.45, 7) is 0. The molecule has 1 rings (SSSR count). The minimum atomic E-state index is -0.641. The van der Waals surface area contributed by atoms with Crippen LogP contribution in [0.4, 0.5) is 4.39 Å². The molecule has 0 aromatic heterocycles. The van der Waals surface area contributed by atoms with Gasteiger partial charge in [-0.3, -0.25) is 0 Å². The third-order valence-corrected chi connectivity index (χ3v) is 1.67. The van der Waals surface area contributed by atoms with Crippen molar-refractivity contribution in [3.8, 4) is 17.6 Å². The van der Waals surface area contributed by atoms with Gasteiger partial charge in [-0.1, -0.05) is 17.9 Å². The van der Waals surface area contributed by atoms with Crippen molar-refractivity contribution < 1.29 is 9.50 Å². The van der Waals surface area contributed by atoms with E-state index < -0.39 is 5.82 Å². The smallest absolute Gasteiger partial charge is 0.167 e. The maximum Gasteiger partial charge on any atom is 0.167 e. The second kappa shape index (κ2) is 4.78. The zero-order valence-electron chi connectivity index (χ0n) is 6.92. The molecule has 0 bridgehead atoms. The van der Waals surface area contributed by atoms with Crippen LogP contribution < -0.4 is 0 Å². The standard InChI is InChI=1S/C10H9FOS/c11-9-6-3-5-8(10(9)12)4-1-2-7-13/h3,5-6,12-13H,2,7H2. The molecule has 1 aromatic carbocycles.